The second-order valence-corrected chi connectivity index (χ2v) is 6.45. The summed E-state index contributed by atoms with van der Waals surface area (Å²) in [6.07, 6.45) is 3.83. The lowest BCUT2D eigenvalue weighted by atomic mass is 9.98. The maximum atomic E-state index is 11.0. The smallest absolute Gasteiger partial charge is 0.186 e. The van der Waals surface area contributed by atoms with Gasteiger partial charge in [-0.2, -0.15) is 0 Å². The average Bonchev–Trinajstić information content (AvgIpc) is 2.66. The summed E-state index contributed by atoms with van der Waals surface area (Å²) in [5, 5.41) is 4.23. The van der Waals surface area contributed by atoms with Crippen LogP contribution in [0.25, 0.3) is 0 Å². The molecule has 1 atom stereocenters. The third-order valence-corrected chi connectivity index (χ3v) is 4.59. The molecule has 0 bridgehead atoms. The second-order valence-electron chi connectivity index (χ2n) is 4.97. The Morgan fingerprint density at radius 1 is 1.35 bits per heavy atom. The van der Waals surface area contributed by atoms with Crippen molar-refractivity contribution in [2.24, 2.45) is 5.92 Å². The number of rotatable bonds is 3. The summed E-state index contributed by atoms with van der Waals surface area (Å²) in [6, 6.07) is 0. The maximum absolute atomic E-state index is 11.0. The van der Waals surface area contributed by atoms with Crippen molar-refractivity contribution in [1.29, 1.82) is 0 Å². The van der Waals surface area contributed by atoms with Gasteiger partial charge in [-0.3, -0.25) is 4.79 Å². The summed E-state index contributed by atoms with van der Waals surface area (Å²) < 4.78 is 0. The number of hydrogen-bond donors (Lipinski definition) is 1. The number of likely N-dealkylation sites (tertiary alicyclic amines) is 1. The van der Waals surface area contributed by atoms with Gasteiger partial charge in [-0.05, 0) is 44.8 Å². The Balaban J connectivity index is 0.00000144. The molecule has 0 aromatic heterocycles. The fraction of sp³-hybridized carbons (Fsp3) is 0.917. The summed E-state index contributed by atoms with van der Waals surface area (Å²) in [5.41, 5.74) is 0. The lowest BCUT2D eigenvalue weighted by Crippen LogP contribution is -2.35. The van der Waals surface area contributed by atoms with Gasteiger partial charge in [0.1, 0.15) is 0 Å². The number of piperidine rings is 1. The number of nitrogens with one attached hydrogen (secondary N) is 1. The number of carbonyl (C=O) groups is 1. The van der Waals surface area contributed by atoms with Crippen LogP contribution < -0.4 is 5.32 Å². The Hall–Kier alpha value is 0.230. The first-order valence-corrected chi connectivity index (χ1v) is 7.22. The minimum absolute atomic E-state index is 0. The molecular weight excluding hydrogens is 256 g/mol. The third kappa shape index (κ3) is 5.16. The Bertz CT molecular complexity index is 247. The van der Waals surface area contributed by atoms with Crippen molar-refractivity contribution in [1.82, 2.24) is 10.2 Å². The quantitative estimate of drug-likeness (QED) is 0.853. The van der Waals surface area contributed by atoms with E-state index >= 15 is 0 Å². The van der Waals surface area contributed by atoms with Gasteiger partial charge in [0.05, 0.1) is 0 Å². The van der Waals surface area contributed by atoms with E-state index in [1.807, 2.05) is 0 Å². The zero-order valence-electron chi connectivity index (χ0n) is 10.5. The van der Waals surface area contributed by atoms with Gasteiger partial charge in [0.15, 0.2) is 5.12 Å². The first-order valence-electron chi connectivity index (χ1n) is 6.34. The van der Waals surface area contributed by atoms with Gasteiger partial charge in [-0.1, -0.05) is 11.8 Å². The molecule has 0 spiro atoms. The molecule has 1 N–H and O–H groups in total. The molecule has 2 saturated heterocycles. The molecular formula is C12H23ClN2OS. The lowest BCUT2D eigenvalue weighted by molar-refractivity contribution is -0.109. The number of halogens is 1. The molecule has 2 heterocycles. The van der Waals surface area contributed by atoms with E-state index in [4.69, 9.17) is 0 Å². The molecule has 0 aliphatic carbocycles. The predicted molar refractivity (Wildman–Crippen MR) is 76.0 cm³/mol. The standard InChI is InChI=1S/C12H22N2OS.ClH/c1-10(15)16-12-4-7-14(9-12)8-11-2-5-13-6-3-11;/h11-13H,2-9H2,1H3;1H/t12-;/m1./s1. The van der Waals surface area contributed by atoms with Crippen molar-refractivity contribution in [2.75, 3.05) is 32.7 Å². The first-order chi connectivity index (χ1) is 7.74. The van der Waals surface area contributed by atoms with Crippen LogP contribution in [0.4, 0.5) is 0 Å². The predicted octanol–water partition coefficient (Wildman–Crippen LogP) is 1.76. The summed E-state index contributed by atoms with van der Waals surface area (Å²) >= 11 is 1.53. The molecule has 2 aliphatic heterocycles. The van der Waals surface area contributed by atoms with Crippen molar-refractivity contribution in [2.45, 2.75) is 31.4 Å². The van der Waals surface area contributed by atoms with Crippen LogP contribution in [0.3, 0.4) is 0 Å². The van der Waals surface area contributed by atoms with E-state index < -0.39 is 0 Å². The largest absolute Gasteiger partial charge is 0.317 e. The van der Waals surface area contributed by atoms with Gasteiger partial charge in [0.25, 0.3) is 0 Å². The van der Waals surface area contributed by atoms with Crippen LogP contribution in [-0.2, 0) is 4.79 Å². The third-order valence-electron chi connectivity index (χ3n) is 3.54. The molecule has 0 saturated carbocycles. The first kappa shape index (κ1) is 15.3. The molecule has 5 heteroatoms. The molecule has 0 aromatic rings. The molecule has 2 fully saturated rings. The van der Waals surface area contributed by atoms with E-state index in [0.29, 0.717) is 5.25 Å². The molecule has 2 rings (SSSR count). The maximum Gasteiger partial charge on any atom is 0.186 e. The van der Waals surface area contributed by atoms with E-state index in [-0.39, 0.29) is 17.5 Å². The molecule has 17 heavy (non-hydrogen) atoms. The van der Waals surface area contributed by atoms with Gasteiger partial charge in [0.2, 0.25) is 0 Å². The van der Waals surface area contributed by atoms with Crippen molar-refractivity contribution < 1.29 is 4.79 Å². The highest BCUT2D eigenvalue weighted by Crippen LogP contribution is 2.25. The minimum Gasteiger partial charge on any atom is -0.317 e. The van der Waals surface area contributed by atoms with E-state index in [0.717, 1.165) is 12.5 Å². The van der Waals surface area contributed by atoms with Crippen LogP contribution in [0.5, 0.6) is 0 Å². The zero-order valence-corrected chi connectivity index (χ0v) is 12.1. The highest BCUT2D eigenvalue weighted by molar-refractivity contribution is 8.14. The molecule has 0 amide bonds. The van der Waals surface area contributed by atoms with Gasteiger partial charge >= 0.3 is 0 Å². The Labute approximate surface area is 114 Å². The summed E-state index contributed by atoms with van der Waals surface area (Å²) in [6.45, 7) is 7.61. The molecule has 100 valence electrons. The van der Waals surface area contributed by atoms with Crippen molar-refractivity contribution in [3.63, 3.8) is 0 Å². The van der Waals surface area contributed by atoms with Gasteiger partial charge in [-0.15, -0.1) is 12.4 Å². The SMILES string of the molecule is CC(=O)S[C@@H]1CCN(CC2CCNCC2)C1.Cl. The van der Waals surface area contributed by atoms with E-state index in [2.05, 4.69) is 10.2 Å². The monoisotopic (exact) mass is 278 g/mol. The fourth-order valence-corrected chi connectivity index (χ4v) is 3.70. The minimum atomic E-state index is 0. The molecule has 0 radical (unpaired) electrons. The molecule has 2 aliphatic rings. The van der Waals surface area contributed by atoms with Crippen molar-refractivity contribution in [3.05, 3.63) is 0 Å². The molecule has 0 aromatic carbocycles. The second kappa shape index (κ2) is 7.62. The highest BCUT2D eigenvalue weighted by atomic mass is 35.5. The van der Waals surface area contributed by atoms with Crippen LogP contribution in [0.2, 0.25) is 0 Å². The van der Waals surface area contributed by atoms with Crippen LogP contribution in [0, 0.1) is 5.92 Å². The molecule has 0 unspecified atom stereocenters. The highest BCUT2D eigenvalue weighted by Gasteiger charge is 2.26. The van der Waals surface area contributed by atoms with Gasteiger partial charge in [0, 0.05) is 25.3 Å². The van der Waals surface area contributed by atoms with Crippen LogP contribution in [0.15, 0.2) is 0 Å². The van der Waals surface area contributed by atoms with Crippen molar-refractivity contribution >= 4 is 29.3 Å². The zero-order chi connectivity index (χ0) is 11.4. The van der Waals surface area contributed by atoms with E-state index in [1.165, 1.54) is 57.2 Å². The van der Waals surface area contributed by atoms with Crippen LogP contribution in [-0.4, -0.2) is 48.0 Å². The number of thioether (sulfide) groups is 1. The summed E-state index contributed by atoms with van der Waals surface area (Å²) in [5.74, 6) is 0.877. The lowest BCUT2D eigenvalue weighted by Gasteiger charge is -2.27. The number of nitrogens with zero attached hydrogens (tertiary/aromatic N) is 1. The Morgan fingerprint density at radius 3 is 2.71 bits per heavy atom. The van der Waals surface area contributed by atoms with Crippen molar-refractivity contribution in [3.8, 4) is 0 Å². The van der Waals surface area contributed by atoms with Gasteiger partial charge in [-0.25, -0.2) is 0 Å². The van der Waals surface area contributed by atoms with E-state index in [9.17, 15) is 4.79 Å². The summed E-state index contributed by atoms with van der Waals surface area (Å²) in [4.78, 5) is 13.6. The normalized spacial score (nSPS) is 26.8. The van der Waals surface area contributed by atoms with E-state index in [1.54, 1.807) is 6.92 Å². The molecule has 3 nitrogen and oxygen atoms in total. The summed E-state index contributed by atoms with van der Waals surface area (Å²) in [7, 11) is 0. The number of carbonyl (C=O) groups excluding carboxylic acids is 1. The fourth-order valence-electron chi connectivity index (χ4n) is 2.72. The Morgan fingerprint density at radius 2 is 2.06 bits per heavy atom. The van der Waals surface area contributed by atoms with Crippen LogP contribution in [0.1, 0.15) is 26.2 Å². The van der Waals surface area contributed by atoms with Crippen LogP contribution >= 0.6 is 24.2 Å². The number of hydrogen-bond acceptors (Lipinski definition) is 4. The topological polar surface area (TPSA) is 32.3 Å². The average molecular weight is 279 g/mol. The van der Waals surface area contributed by atoms with Gasteiger partial charge < -0.3 is 10.2 Å². The Kier molecular flexibility index (Phi) is 6.85.